The molecular formula is C21H14ClNO. The number of benzene rings is 3. The second-order valence-corrected chi connectivity index (χ2v) is 5.90. The molecule has 0 bridgehead atoms. The molecule has 0 aliphatic rings. The van der Waals surface area contributed by atoms with Crippen LogP contribution in [0.5, 0.6) is 11.6 Å². The zero-order valence-electron chi connectivity index (χ0n) is 12.8. The number of nitrogens with zero attached hydrogens (tertiary/aromatic N) is 1. The topological polar surface area (TPSA) is 22.1 Å². The highest BCUT2D eigenvalue weighted by atomic mass is 35.5. The number of pyridine rings is 1. The van der Waals surface area contributed by atoms with Crippen LogP contribution in [0, 0.1) is 0 Å². The van der Waals surface area contributed by atoms with E-state index in [-0.39, 0.29) is 0 Å². The molecule has 3 heteroatoms. The van der Waals surface area contributed by atoms with E-state index in [4.69, 9.17) is 21.3 Å². The van der Waals surface area contributed by atoms with E-state index in [1.54, 1.807) is 0 Å². The Morgan fingerprint density at radius 2 is 1.54 bits per heavy atom. The molecule has 0 aliphatic heterocycles. The summed E-state index contributed by atoms with van der Waals surface area (Å²) in [4.78, 5) is 4.71. The molecule has 0 radical (unpaired) electrons. The zero-order valence-corrected chi connectivity index (χ0v) is 13.6. The monoisotopic (exact) mass is 331 g/mol. The predicted molar refractivity (Wildman–Crippen MR) is 98.7 cm³/mol. The number of hydrogen-bond acceptors (Lipinski definition) is 2. The molecule has 1 heterocycles. The molecule has 1 aromatic heterocycles. The van der Waals surface area contributed by atoms with Gasteiger partial charge in [0.05, 0.1) is 5.52 Å². The molecule has 2 nitrogen and oxygen atoms in total. The van der Waals surface area contributed by atoms with Crippen molar-refractivity contribution in [3.63, 3.8) is 0 Å². The first kappa shape index (κ1) is 14.7. The lowest BCUT2D eigenvalue weighted by atomic mass is 10.0. The molecule has 0 saturated heterocycles. The third-order valence-corrected chi connectivity index (χ3v) is 4.02. The van der Waals surface area contributed by atoms with Crippen molar-refractivity contribution in [1.82, 2.24) is 4.98 Å². The molecule has 4 rings (SSSR count). The van der Waals surface area contributed by atoms with Crippen molar-refractivity contribution in [2.24, 2.45) is 0 Å². The smallest absolute Gasteiger partial charge is 0.227 e. The fourth-order valence-electron chi connectivity index (χ4n) is 2.64. The third-order valence-electron chi connectivity index (χ3n) is 3.78. The first-order valence-electron chi connectivity index (χ1n) is 7.68. The quantitative estimate of drug-likeness (QED) is 0.436. The molecule has 116 valence electrons. The maximum Gasteiger partial charge on any atom is 0.227 e. The number of hydrogen-bond donors (Lipinski definition) is 0. The molecule has 0 atom stereocenters. The molecular weight excluding hydrogens is 318 g/mol. The molecule has 0 fully saturated rings. The van der Waals surface area contributed by atoms with E-state index in [9.17, 15) is 0 Å². The van der Waals surface area contributed by atoms with Crippen LogP contribution in [0.3, 0.4) is 0 Å². The van der Waals surface area contributed by atoms with E-state index in [0.29, 0.717) is 10.9 Å². The number of rotatable bonds is 3. The van der Waals surface area contributed by atoms with Gasteiger partial charge in [0.2, 0.25) is 5.88 Å². The van der Waals surface area contributed by atoms with E-state index in [2.05, 4.69) is 6.07 Å². The van der Waals surface area contributed by atoms with Gasteiger partial charge in [-0.05, 0) is 42.0 Å². The Labute approximate surface area is 145 Å². The first-order valence-corrected chi connectivity index (χ1v) is 8.06. The van der Waals surface area contributed by atoms with Gasteiger partial charge >= 0.3 is 0 Å². The van der Waals surface area contributed by atoms with Gasteiger partial charge < -0.3 is 4.74 Å². The maximum atomic E-state index is 6.16. The molecule has 24 heavy (non-hydrogen) atoms. The number of para-hydroxylation sites is 2. The number of fused-ring (bicyclic) bond motifs is 1. The standard InChI is InChI=1S/C21H14ClNO/c22-17-9-6-8-15(13-17)19-14-16-7-4-5-12-20(16)23-21(19)24-18-10-2-1-3-11-18/h1-14H. The molecule has 4 aromatic rings. The Morgan fingerprint density at radius 1 is 0.750 bits per heavy atom. The number of halogens is 1. The summed E-state index contributed by atoms with van der Waals surface area (Å²) in [7, 11) is 0. The minimum Gasteiger partial charge on any atom is -0.438 e. The number of ether oxygens (including phenoxy) is 1. The zero-order chi connectivity index (χ0) is 16.4. The summed E-state index contributed by atoms with van der Waals surface area (Å²) in [6.07, 6.45) is 0. The molecule has 0 N–H and O–H groups in total. The maximum absolute atomic E-state index is 6.16. The van der Waals surface area contributed by atoms with Crippen LogP contribution in [0.1, 0.15) is 0 Å². The molecule has 0 aliphatic carbocycles. The van der Waals surface area contributed by atoms with Gasteiger partial charge in [0.25, 0.3) is 0 Å². The Balaban J connectivity index is 1.90. The molecule has 0 amide bonds. The summed E-state index contributed by atoms with van der Waals surface area (Å²) in [5.74, 6) is 1.32. The van der Waals surface area contributed by atoms with Crippen molar-refractivity contribution < 1.29 is 4.74 Å². The second kappa shape index (κ2) is 6.34. The summed E-state index contributed by atoms with van der Waals surface area (Å²) in [5.41, 5.74) is 2.79. The molecule has 0 spiro atoms. The van der Waals surface area contributed by atoms with Crippen molar-refractivity contribution in [2.75, 3.05) is 0 Å². The molecule has 0 unspecified atom stereocenters. The van der Waals surface area contributed by atoms with Crippen LogP contribution < -0.4 is 4.74 Å². The van der Waals surface area contributed by atoms with E-state index in [0.717, 1.165) is 27.8 Å². The highest BCUT2D eigenvalue weighted by Gasteiger charge is 2.12. The highest BCUT2D eigenvalue weighted by molar-refractivity contribution is 6.30. The van der Waals surface area contributed by atoms with Gasteiger partial charge in [0.1, 0.15) is 5.75 Å². The van der Waals surface area contributed by atoms with Gasteiger partial charge in [-0.25, -0.2) is 4.98 Å². The van der Waals surface area contributed by atoms with E-state index >= 15 is 0 Å². The Kier molecular flexibility index (Phi) is 3.89. The van der Waals surface area contributed by atoms with Gasteiger partial charge in [-0.3, -0.25) is 0 Å². The van der Waals surface area contributed by atoms with Gasteiger partial charge in [-0.15, -0.1) is 0 Å². The minimum atomic E-state index is 0.571. The van der Waals surface area contributed by atoms with Gasteiger partial charge in [0.15, 0.2) is 0 Å². The highest BCUT2D eigenvalue weighted by Crippen LogP contribution is 2.35. The Hall–Kier alpha value is -2.84. The average Bonchev–Trinajstić information content (AvgIpc) is 2.62. The van der Waals surface area contributed by atoms with Gasteiger partial charge in [-0.2, -0.15) is 0 Å². The van der Waals surface area contributed by atoms with Gasteiger partial charge in [0, 0.05) is 16.0 Å². The van der Waals surface area contributed by atoms with Crippen molar-refractivity contribution >= 4 is 22.5 Å². The van der Waals surface area contributed by atoms with Crippen LogP contribution >= 0.6 is 11.6 Å². The lowest BCUT2D eigenvalue weighted by Crippen LogP contribution is -1.93. The van der Waals surface area contributed by atoms with Crippen LogP contribution in [-0.2, 0) is 0 Å². The van der Waals surface area contributed by atoms with E-state index in [1.807, 2.05) is 78.9 Å². The SMILES string of the molecule is Clc1cccc(-c2cc3ccccc3nc2Oc2ccccc2)c1. The van der Waals surface area contributed by atoms with E-state index in [1.165, 1.54) is 0 Å². The summed E-state index contributed by atoms with van der Waals surface area (Å²) in [6, 6.07) is 27.5. The fraction of sp³-hybridized carbons (Fsp3) is 0. The van der Waals surface area contributed by atoms with Gasteiger partial charge in [-0.1, -0.05) is 60.1 Å². The van der Waals surface area contributed by atoms with E-state index < -0.39 is 0 Å². The first-order chi connectivity index (χ1) is 11.8. The Morgan fingerprint density at radius 3 is 2.38 bits per heavy atom. The van der Waals surface area contributed by atoms with Crippen LogP contribution in [0.15, 0.2) is 84.9 Å². The molecule has 0 saturated carbocycles. The summed E-state index contributed by atoms with van der Waals surface area (Å²) in [5, 5.41) is 1.75. The Bertz CT molecular complexity index is 999. The average molecular weight is 332 g/mol. The molecule has 3 aromatic carbocycles. The van der Waals surface area contributed by atoms with Crippen LogP contribution in [0.25, 0.3) is 22.0 Å². The van der Waals surface area contributed by atoms with Crippen LogP contribution in [0.2, 0.25) is 5.02 Å². The van der Waals surface area contributed by atoms with Crippen molar-refractivity contribution in [1.29, 1.82) is 0 Å². The summed E-state index contributed by atoms with van der Waals surface area (Å²) >= 11 is 6.16. The normalized spacial score (nSPS) is 10.7. The van der Waals surface area contributed by atoms with Crippen molar-refractivity contribution in [3.05, 3.63) is 90.0 Å². The second-order valence-electron chi connectivity index (χ2n) is 5.46. The van der Waals surface area contributed by atoms with Crippen molar-refractivity contribution in [3.8, 4) is 22.8 Å². The fourth-order valence-corrected chi connectivity index (χ4v) is 2.83. The van der Waals surface area contributed by atoms with Crippen LogP contribution in [-0.4, -0.2) is 4.98 Å². The van der Waals surface area contributed by atoms with Crippen molar-refractivity contribution in [2.45, 2.75) is 0 Å². The van der Waals surface area contributed by atoms with Crippen LogP contribution in [0.4, 0.5) is 0 Å². The largest absolute Gasteiger partial charge is 0.438 e. The minimum absolute atomic E-state index is 0.571. The summed E-state index contributed by atoms with van der Waals surface area (Å²) < 4.78 is 6.06. The number of aromatic nitrogens is 1. The predicted octanol–water partition coefficient (Wildman–Crippen LogP) is 6.35. The third kappa shape index (κ3) is 2.97. The summed E-state index contributed by atoms with van der Waals surface area (Å²) in [6.45, 7) is 0. The lowest BCUT2D eigenvalue weighted by Gasteiger charge is -2.12. The lowest BCUT2D eigenvalue weighted by molar-refractivity contribution is 0.467.